The molecule has 86 valence electrons. The number of hydrogen-bond acceptors (Lipinski definition) is 3. The van der Waals surface area contributed by atoms with Crippen LogP contribution in [0.1, 0.15) is 0 Å². The second-order valence-electron chi connectivity index (χ2n) is 3.47. The molecule has 0 aliphatic carbocycles. The van der Waals surface area contributed by atoms with Crippen molar-refractivity contribution in [2.45, 2.75) is 0 Å². The van der Waals surface area contributed by atoms with Crippen LogP contribution in [-0.2, 0) is 0 Å². The number of imidazole rings is 1. The molecule has 0 saturated carbocycles. The number of furan rings is 1. The Kier molecular flexibility index (Phi) is 2.38. The SMILES string of the molecule is Oc1ccc2c(Cl)nc(-c3ccc(Br)o3)n2c1. The third-order valence-corrected chi connectivity index (χ3v) is 3.07. The molecule has 0 spiro atoms. The fourth-order valence-corrected chi connectivity index (χ4v) is 2.19. The zero-order chi connectivity index (χ0) is 12.0. The molecule has 0 aliphatic heterocycles. The summed E-state index contributed by atoms with van der Waals surface area (Å²) >= 11 is 9.25. The Morgan fingerprint density at radius 2 is 2.12 bits per heavy atom. The molecule has 3 aromatic rings. The molecule has 3 heterocycles. The molecule has 0 fully saturated rings. The highest BCUT2D eigenvalue weighted by molar-refractivity contribution is 9.10. The lowest BCUT2D eigenvalue weighted by Crippen LogP contribution is -1.87. The molecule has 6 heteroatoms. The lowest BCUT2D eigenvalue weighted by Gasteiger charge is -1.98. The Morgan fingerprint density at radius 1 is 1.29 bits per heavy atom. The number of pyridine rings is 1. The lowest BCUT2D eigenvalue weighted by molar-refractivity contribution is 0.472. The molecule has 3 rings (SSSR count). The average Bonchev–Trinajstić information content (AvgIpc) is 2.83. The Bertz CT molecular complexity index is 705. The number of nitrogens with zero attached hydrogens (tertiary/aromatic N) is 2. The molecule has 4 nitrogen and oxygen atoms in total. The largest absolute Gasteiger partial charge is 0.506 e. The molecular weight excluding hydrogens is 307 g/mol. The Hall–Kier alpha value is -1.46. The Labute approximate surface area is 110 Å². The lowest BCUT2D eigenvalue weighted by atomic mass is 10.4. The van der Waals surface area contributed by atoms with Crippen molar-refractivity contribution in [2.75, 3.05) is 0 Å². The fraction of sp³-hybridized carbons (Fsp3) is 0. The first kappa shape index (κ1) is 10.7. The third kappa shape index (κ3) is 1.71. The van der Waals surface area contributed by atoms with Crippen molar-refractivity contribution in [3.63, 3.8) is 0 Å². The van der Waals surface area contributed by atoms with Crippen LogP contribution in [0.4, 0.5) is 0 Å². The van der Waals surface area contributed by atoms with Crippen LogP contribution in [0.5, 0.6) is 5.75 Å². The van der Waals surface area contributed by atoms with E-state index in [1.807, 2.05) is 0 Å². The van der Waals surface area contributed by atoms with Crippen LogP contribution in [0.15, 0.2) is 39.5 Å². The zero-order valence-corrected chi connectivity index (χ0v) is 10.7. The fourth-order valence-electron chi connectivity index (χ4n) is 1.65. The second-order valence-corrected chi connectivity index (χ2v) is 4.61. The van der Waals surface area contributed by atoms with E-state index in [1.54, 1.807) is 34.9 Å². The highest BCUT2D eigenvalue weighted by Crippen LogP contribution is 2.29. The van der Waals surface area contributed by atoms with Crippen molar-refractivity contribution in [1.82, 2.24) is 9.38 Å². The predicted octanol–water partition coefficient (Wildman–Crippen LogP) is 3.72. The minimum Gasteiger partial charge on any atom is -0.506 e. The third-order valence-electron chi connectivity index (χ3n) is 2.37. The van der Waals surface area contributed by atoms with E-state index < -0.39 is 0 Å². The van der Waals surface area contributed by atoms with Gasteiger partial charge in [0, 0.05) is 0 Å². The molecule has 0 bridgehead atoms. The first-order valence-electron chi connectivity index (χ1n) is 4.77. The van der Waals surface area contributed by atoms with E-state index in [0.29, 0.717) is 26.9 Å². The monoisotopic (exact) mass is 312 g/mol. The van der Waals surface area contributed by atoms with Gasteiger partial charge in [0.2, 0.25) is 0 Å². The first-order chi connectivity index (χ1) is 8.15. The molecule has 0 unspecified atom stereocenters. The van der Waals surface area contributed by atoms with Crippen LogP contribution in [0.3, 0.4) is 0 Å². The highest BCUT2D eigenvalue weighted by Gasteiger charge is 2.14. The van der Waals surface area contributed by atoms with Crippen LogP contribution in [0, 0.1) is 0 Å². The van der Waals surface area contributed by atoms with Gasteiger partial charge in [0.15, 0.2) is 21.4 Å². The maximum Gasteiger partial charge on any atom is 0.182 e. The number of rotatable bonds is 1. The summed E-state index contributed by atoms with van der Waals surface area (Å²) in [6.45, 7) is 0. The first-order valence-corrected chi connectivity index (χ1v) is 5.94. The highest BCUT2D eigenvalue weighted by atomic mass is 79.9. The van der Waals surface area contributed by atoms with Crippen LogP contribution < -0.4 is 0 Å². The molecule has 3 aromatic heterocycles. The van der Waals surface area contributed by atoms with Crippen LogP contribution in [0.25, 0.3) is 17.1 Å². The number of hydrogen-bond donors (Lipinski definition) is 1. The van der Waals surface area contributed by atoms with Gasteiger partial charge in [0.25, 0.3) is 0 Å². The van der Waals surface area contributed by atoms with Gasteiger partial charge in [-0.2, -0.15) is 0 Å². The summed E-state index contributed by atoms with van der Waals surface area (Å²) in [4.78, 5) is 4.22. The molecule has 1 N–H and O–H groups in total. The standard InChI is InChI=1S/C11H6BrClN2O2/c12-9-4-3-8(17-9)11-14-10(13)7-2-1-6(16)5-15(7)11/h1-5,16H. The van der Waals surface area contributed by atoms with Crippen LogP contribution in [-0.4, -0.2) is 14.5 Å². The summed E-state index contributed by atoms with van der Waals surface area (Å²) < 4.78 is 7.72. The minimum absolute atomic E-state index is 0.137. The maximum atomic E-state index is 9.48. The van der Waals surface area contributed by atoms with E-state index in [4.69, 9.17) is 16.0 Å². The van der Waals surface area contributed by atoms with Crippen LogP contribution in [0.2, 0.25) is 5.15 Å². The summed E-state index contributed by atoms with van der Waals surface area (Å²) in [5.41, 5.74) is 0.715. The smallest absolute Gasteiger partial charge is 0.182 e. The quantitative estimate of drug-likeness (QED) is 0.745. The number of aromatic nitrogens is 2. The van der Waals surface area contributed by atoms with E-state index in [0.717, 1.165) is 0 Å². The number of halogens is 2. The maximum absolute atomic E-state index is 9.48. The molecule has 0 saturated heterocycles. The second kappa shape index (κ2) is 3.78. The number of aromatic hydroxyl groups is 1. The summed E-state index contributed by atoms with van der Waals surface area (Å²) in [7, 11) is 0. The van der Waals surface area contributed by atoms with Gasteiger partial charge in [-0.05, 0) is 40.2 Å². The van der Waals surface area contributed by atoms with E-state index in [9.17, 15) is 5.11 Å². The average molecular weight is 314 g/mol. The van der Waals surface area contributed by atoms with Crippen molar-refractivity contribution in [1.29, 1.82) is 0 Å². The van der Waals surface area contributed by atoms with Crippen molar-refractivity contribution in [2.24, 2.45) is 0 Å². The van der Waals surface area contributed by atoms with Crippen molar-refractivity contribution in [3.8, 4) is 17.3 Å². The summed E-state index contributed by atoms with van der Waals surface area (Å²) in [5, 5.41) is 9.85. The summed E-state index contributed by atoms with van der Waals surface area (Å²) in [5.74, 6) is 1.26. The predicted molar refractivity (Wildman–Crippen MR) is 67.3 cm³/mol. The normalized spacial score (nSPS) is 11.2. The van der Waals surface area contributed by atoms with Gasteiger partial charge < -0.3 is 9.52 Å². The molecule has 0 aromatic carbocycles. The molecule has 0 aliphatic rings. The van der Waals surface area contributed by atoms with Crippen molar-refractivity contribution < 1.29 is 9.52 Å². The minimum atomic E-state index is 0.137. The molecule has 0 atom stereocenters. The van der Waals surface area contributed by atoms with E-state index in [-0.39, 0.29) is 5.75 Å². The van der Waals surface area contributed by atoms with Gasteiger partial charge in [0.1, 0.15) is 5.75 Å². The Balaban J connectivity index is 2.33. The number of fused-ring (bicyclic) bond motifs is 1. The van der Waals surface area contributed by atoms with Gasteiger partial charge in [-0.25, -0.2) is 4.98 Å². The van der Waals surface area contributed by atoms with Crippen molar-refractivity contribution >= 4 is 33.0 Å². The molecular formula is C11H6BrClN2O2. The Morgan fingerprint density at radius 3 is 2.82 bits per heavy atom. The van der Waals surface area contributed by atoms with Gasteiger partial charge in [-0.1, -0.05) is 11.6 Å². The van der Waals surface area contributed by atoms with E-state index in [1.165, 1.54) is 0 Å². The summed E-state index contributed by atoms with van der Waals surface area (Å²) in [6, 6.07) is 6.81. The summed E-state index contributed by atoms with van der Waals surface area (Å²) in [6.07, 6.45) is 1.54. The van der Waals surface area contributed by atoms with Gasteiger partial charge in [-0.3, -0.25) is 4.40 Å². The van der Waals surface area contributed by atoms with Gasteiger partial charge >= 0.3 is 0 Å². The molecule has 0 amide bonds. The topological polar surface area (TPSA) is 50.7 Å². The van der Waals surface area contributed by atoms with E-state index >= 15 is 0 Å². The van der Waals surface area contributed by atoms with Crippen molar-refractivity contribution in [3.05, 3.63) is 40.3 Å². The van der Waals surface area contributed by atoms with Gasteiger partial charge in [0.05, 0.1) is 11.7 Å². The van der Waals surface area contributed by atoms with Crippen LogP contribution >= 0.6 is 27.5 Å². The van der Waals surface area contributed by atoms with Gasteiger partial charge in [-0.15, -0.1) is 0 Å². The van der Waals surface area contributed by atoms with E-state index in [2.05, 4.69) is 20.9 Å². The molecule has 17 heavy (non-hydrogen) atoms. The zero-order valence-electron chi connectivity index (χ0n) is 8.39. The molecule has 0 radical (unpaired) electrons.